The van der Waals surface area contributed by atoms with Gasteiger partial charge in [-0.05, 0) is 38.5 Å². The first kappa shape index (κ1) is 13.9. The predicted octanol–water partition coefficient (Wildman–Crippen LogP) is 2.39. The zero-order valence-corrected chi connectivity index (χ0v) is 11.8. The molecule has 19 heavy (non-hydrogen) atoms. The van der Waals surface area contributed by atoms with E-state index in [0.29, 0.717) is 24.0 Å². The van der Waals surface area contributed by atoms with E-state index in [1.807, 2.05) is 0 Å². The van der Waals surface area contributed by atoms with E-state index in [0.717, 1.165) is 31.4 Å². The van der Waals surface area contributed by atoms with Crippen LogP contribution in [0, 0.1) is 5.92 Å². The number of nitrogen functional groups attached to an aromatic ring is 1. The molecular weight excluding hydrogens is 242 g/mol. The Balaban J connectivity index is 2.24. The Morgan fingerprint density at radius 2 is 2.21 bits per heavy atom. The van der Waals surface area contributed by atoms with Crippen molar-refractivity contribution in [1.29, 1.82) is 0 Å². The summed E-state index contributed by atoms with van der Waals surface area (Å²) in [7, 11) is 0. The SMILES string of the molecule is CCCCn1nc(C(=O)OCC)c(CC2CC2)c1N. The zero-order chi connectivity index (χ0) is 13.8. The van der Waals surface area contributed by atoms with Crippen LogP contribution >= 0.6 is 0 Å². The first-order valence-corrected chi connectivity index (χ1v) is 7.19. The van der Waals surface area contributed by atoms with Crippen molar-refractivity contribution in [3.05, 3.63) is 11.3 Å². The molecule has 1 saturated carbocycles. The Bertz CT molecular complexity index is 450. The van der Waals surface area contributed by atoms with Crippen molar-refractivity contribution in [1.82, 2.24) is 9.78 Å². The second-order valence-electron chi connectivity index (χ2n) is 5.16. The Hall–Kier alpha value is -1.52. The first-order chi connectivity index (χ1) is 9.17. The van der Waals surface area contributed by atoms with Crippen molar-refractivity contribution in [2.45, 2.75) is 52.5 Å². The van der Waals surface area contributed by atoms with E-state index in [4.69, 9.17) is 10.5 Å². The number of aryl methyl sites for hydroxylation is 1. The van der Waals surface area contributed by atoms with Gasteiger partial charge in [-0.2, -0.15) is 5.10 Å². The lowest BCUT2D eigenvalue weighted by Crippen LogP contribution is -2.09. The summed E-state index contributed by atoms with van der Waals surface area (Å²) in [5.74, 6) is 0.961. The quantitative estimate of drug-likeness (QED) is 0.768. The maximum atomic E-state index is 12.0. The van der Waals surface area contributed by atoms with Crippen LogP contribution in [0.1, 0.15) is 55.6 Å². The third kappa shape index (κ3) is 3.28. The molecule has 0 unspecified atom stereocenters. The van der Waals surface area contributed by atoms with E-state index in [9.17, 15) is 4.79 Å². The molecule has 0 atom stereocenters. The number of nitrogens with zero attached hydrogens (tertiary/aromatic N) is 2. The van der Waals surface area contributed by atoms with E-state index in [-0.39, 0.29) is 5.97 Å². The molecule has 0 spiro atoms. The minimum Gasteiger partial charge on any atom is -0.461 e. The Kier molecular flexibility index (Phi) is 4.45. The Morgan fingerprint density at radius 3 is 2.79 bits per heavy atom. The number of ether oxygens (including phenoxy) is 1. The summed E-state index contributed by atoms with van der Waals surface area (Å²) in [6.07, 6.45) is 5.39. The van der Waals surface area contributed by atoms with E-state index in [2.05, 4.69) is 12.0 Å². The van der Waals surface area contributed by atoms with Gasteiger partial charge in [0.1, 0.15) is 5.82 Å². The number of esters is 1. The summed E-state index contributed by atoms with van der Waals surface area (Å²) in [5, 5.41) is 4.36. The van der Waals surface area contributed by atoms with Crippen LogP contribution in [0.2, 0.25) is 0 Å². The second kappa shape index (κ2) is 6.08. The number of rotatable bonds is 7. The molecule has 1 heterocycles. The van der Waals surface area contributed by atoms with Gasteiger partial charge in [0, 0.05) is 12.1 Å². The molecule has 0 radical (unpaired) electrons. The van der Waals surface area contributed by atoms with Gasteiger partial charge in [-0.15, -0.1) is 0 Å². The van der Waals surface area contributed by atoms with Gasteiger partial charge < -0.3 is 10.5 Å². The maximum Gasteiger partial charge on any atom is 0.359 e. The monoisotopic (exact) mass is 265 g/mol. The van der Waals surface area contributed by atoms with Crippen molar-refractivity contribution in [2.24, 2.45) is 5.92 Å². The van der Waals surface area contributed by atoms with Crippen molar-refractivity contribution < 1.29 is 9.53 Å². The molecule has 2 N–H and O–H groups in total. The van der Waals surface area contributed by atoms with E-state index < -0.39 is 0 Å². The standard InChI is InChI=1S/C14H23N3O2/c1-3-5-8-17-13(15)11(9-10-6-7-10)12(16-17)14(18)19-4-2/h10H,3-9,15H2,1-2H3. The van der Waals surface area contributed by atoms with Gasteiger partial charge in [0.15, 0.2) is 5.69 Å². The third-order valence-corrected chi connectivity index (χ3v) is 3.48. The summed E-state index contributed by atoms with van der Waals surface area (Å²) in [4.78, 5) is 12.0. The highest BCUT2D eigenvalue weighted by atomic mass is 16.5. The summed E-state index contributed by atoms with van der Waals surface area (Å²) in [6, 6.07) is 0. The van der Waals surface area contributed by atoms with E-state index >= 15 is 0 Å². The number of aromatic nitrogens is 2. The zero-order valence-electron chi connectivity index (χ0n) is 11.8. The van der Waals surface area contributed by atoms with Gasteiger partial charge in [-0.3, -0.25) is 0 Å². The molecule has 5 nitrogen and oxygen atoms in total. The number of hydrogen-bond acceptors (Lipinski definition) is 4. The van der Waals surface area contributed by atoms with E-state index in [1.165, 1.54) is 12.8 Å². The molecule has 2 rings (SSSR count). The fourth-order valence-corrected chi connectivity index (χ4v) is 2.17. The van der Waals surface area contributed by atoms with Gasteiger partial charge in [-0.25, -0.2) is 9.48 Å². The van der Waals surface area contributed by atoms with Crippen LogP contribution in [-0.4, -0.2) is 22.4 Å². The van der Waals surface area contributed by atoms with Gasteiger partial charge >= 0.3 is 5.97 Å². The third-order valence-electron chi connectivity index (χ3n) is 3.48. The molecule has 5 heteroatoms. The fraction of sp³-hybridized carbons (Fsp3) is 0.714. The average Bonchev–Trinajstić information content (AvgIpc) is 3.15. The molecule has 1 aliphatic carbocycles. The van der Waals surface area contributed by atoms with Crippen molar-refractivity contribution in [3.8, 4) is 0 Å². The molecule has 0 amide bonds. The van der Waals surface area contributed by atoms with Crippen LogP contribution in [0.5, 0.6) is 0 Å². The molecule has 0 bridgehead atoms. The van der Waals surface area contributed by atoms with Crippen molar-refractivity contribution in [2.75, 3.05) is 12.3 Å². The molecule has 0 aliphatic heterocycles. The predicted molar refractivity (Wildman–Crippen MR) is 73.9 cm³/mol. The molecular formula is C14H23N3O2. The number of nitrogens with two attached hydrogens (primary N) is 1. The summed E-state index contributed by atoms with van der Waals surface area (Å²) in [6.45, 7) is 5.05. The second-order valence-corrected chi connectivity index (χ2v) is 5.16. The van der Waals surface area contributed by atoms with E-state index in [1.54, 1.807) is 11.6 Å². The minimum absolute atomic E-state index is 0.347. The van der Waals surface area contributed by atoms with Crippen LogP contribution in [0.15, 0.2) is 0 Å². The summed E-state index contributed by atoms with van der Waals surface area (Å²) in [5.41, 5.74) is 7.45. The highest BCUT2D eigenvalue weighted by Gasteiger charge is 2.29. The molecule has 1 aromatic rings. The van der Waals surface area contributed by atoms with Gasteiger partial charge in [0.25, 0.3) is 0 Å². The van der Waals surface area contributed by atoms with Crippen LogP contribution in [0.4, 0.5) is 5.82 Å². The molecule has 0 saturated heterocycles. The Morgan fingerprint density at radius 1 is 1.47 bits per heavy atom. The number of unbranched alkanes of at least 4 members (excludes halogenated alkanes) is 1. The molecule has 106 valence electrons. The topological polar surface area (TPSA) is 70.1 Å². The van der Waals surface area contributed by atoms with Gasteiger partial charge in [0.05, 0.1) is 6.61 Å². The molecule has 1 fully saturated rings. The fourth-order valence-electron chi connectivity index (χ4n) is 2.17. The molecule has 1 aliphatic rings. The van der Waals surface area contributed by atoms with Crippen molar-refractivity contribution >= 4 is 11.8 Å². The van der Waals surface area contributed by atoms with Crippen LogP contribution in [0.3, 0.4) is 0 Å². The van der Waals surface area contributed by atoms with Crippen LogP contribution in [0.25, 0.3) is 0 Å². The van der Waals surface area contributed by atoms with Gasteiger partial charge in [-0.1, -0.05) is 13.3 Å². The summed E-state index contributed by atoms with van der Waals surface area (Å²) >= 11 is 0. The normalized spacial score (nSPS) is 14.6. The summed E-state index contributed by atoms with van der Waals surface area (Å²) < 4.78 is 6.83. The average molecular weight is 265 g/mol. The number of anilines is 1. The number of hydrogen-bond donors (Lipinski definition) is 1. The largest absolute Gasteiger partial charge is 0.461 e. The van der Waals surface area contributed by atoms with Crippen LogP contribution in [-0.2, 0) is 17.7 Å². The first-order valence-electron chi connectivity index (χ1n) is 7.19. The molecule has 0 aromatic carbocycles. The lowest BCUT2D eigenvalue weighted by Gasteiger charge is -2.03. The Labute approximate surface area is 114 Å². The minimum atomic E-state index is -0.347. The van der Waals surface area contributed by atoms with Crippen LogP contribution < -0.4 is 5.73 Å². The number of carbonyl (C=O) groups is 1. The smallest absolute Gasteiger partial charge is 0.359 e. The number of carbonyl (C=O) groups excluding carboxylic acids is 1. The highest BCUT2D eigenvalue weighted by molar-refractivity contribution is 5.90. The maximum absolute atomic E-state index is 12.0. The lowest BCUT2D eigenvalue weighted by atomic mass is 10.1. The van der Waals surface area contributed by atoms with Gasteiger partial charge in [0.2, 0.25) is 0 Å². The molecule has 1 aromatic heterocycles. The lowest BCUT2D eigenvalue weighted by molar-refractivity contribution is 0.0517. The highest BCUT2D eigenvalue weighted by Crippen LogP contribution is 2.35. The van der Waals surface area contributed by atoms with Crippen molar-refractivity contribution in [3.63, 3.8) is 0 Å².